The summed E-state index contributed by atoms with van der Waals surface area (Å²) in [7, 11) is 0. The highest BCUT2D eigenvalue weighted by molar-refractivity contribution is 6.30. The lowest BCUT2D eigenvalue weighted by Gasteiger charge is -2.02. The Bertz CT molecular complexity index is 268. The predicted molar refractivity (Wildman–Crippen MR) is 49.2 cm³/mol. The molecule has 0 aliphatic rings. The molecular formula is C9H10ClNO. The van der Waals surface area contributed by atoms with E-state index in [1.807, 2.05) is 29.7 Å². The van der Waals surface area contributed by atoms with E-state index in [1.54, 1.807) is 0 Å². The summed E-state index contributed by atoms with van der Waals surface area (Å²) in [4.78, 5) is 0. The van der Waals surface area contributed by atoms with Crippen LogP contribution >= 0.6 is 11.6 Å². The van der Waals surface area contributed by atoms with Gasteiger partial charge in [0.1, 0.15) is 0 Å². The van der Waals surface area contributed by atoms with E-state index in [2.05, 4.69) is 6.58 Å². The van der Waals surface area contributed by atoms with Crippen molar-refractivity contribution in [2.45, 2.75) is 6.42 Å². The van der Waals surface area contributed by atoms with E-state index in [4.69, 9.17) is 16.8 Å². The molecule has 0 aliphatic heterocycles. The number of halogens is 1. The Hall–Kier alpha value is -0.990. The van der Waals surface area contributed by atoms with Gasteiger partial charge in [-0.15, -0.1) is 0 Å². The molecule has 3 heteroatoms. The lowest BCUT2D eigenvalue weighted by molar-refractivity contribution is 0.198. The van der Waals surface area contributed by atoms with Gasteiger partial charge in [0.25, 0.3) is 0 Å². The second-order valence-electron chi connectivity index (χ2n) is 2.52. The molecule has 1 rings (SSSR count). The predicted octanol–water partition coefficient (Wildman–Crippen LogP) is 2.38. The van der Waals surface area contributed by atoms with Crippen molar-refractivity contribution in [2.75, 3.05) is 0 Å². The van der Waals surface area contributed by atoms with Gasteiger partial charge in [-0.25, -0.2) is 0 Å². The van der Waals surface area contributed by atoms with Crippen LogP contribution < -0.4 is 5.48 Å². The average Bonchev–Trinajstić information content (AvgIpc) is 2.09. The van der Waals surface area contributed by atoms with Gasteiger partial charge in [0.15, 0.2) is 0 Å². The fourth-order valence-electron chi connectivity index (χ4n) is 0.888. The van der Waals surface area contributed by atoms with Crippen molar-refractivity contribution in [2.24, 2.45) is 0 Å². The van der Waals surface area contributed by atoms with Gasteiger partial charge in [0.2, 0.25) is 0 Å². The summed E-state index contributed by atoms with van der Waals surface area (Å²) in [5.41, 5.74) is 3.63. The zero-order valence-electron chi connectivity index (χ0n) is 6.55. The fraction of sp³-hybridized carbons (Fsp3) is 0.111. The largest absolute Gasteiger partial charge is 0.291 e. The molecule has 64 valence electrons. The minimum absolute atomic E-state index is 0.567. The van der Waals surface area contributed by atoms with E-state index in [9.17, 15) is 0 Å². The van der Waals surface area contributed by atoms with Crippen LogP contribution in [0.15, 0.2) is 36.5 Å². The fourth-order valence-corrected chi connectivity index (χ4v) is 1.01. The summed E-state index contributed by atoms with van der Waals surface area (Å²) in [6.45, 7) is 3.60. The van der Waals surface area contributed by atoms with Crippen molar-refractivity contribution in [1.82, 2.24) is 5.48 Å². The zero-order valence-corrected chi connectivity index (χ0v) is 7.30. The van der Waals surface area contributed by atoms with Gasteiger partial charge in [0.05, 0.1) is 0 Å². The second kappa shape index (κ2) is 4.14. The molecule has 1 aromatic rings. The summed E-state index contributed by atoms with van der Waals surface area (Å²) in [5.74, 6) is 0. The van der Waals surface area contributed by atoms with Crippen molar-refractivity contribution in [3.05, 3.63) is 47.1 Å². The van der Waals surface area contributed by atoms with Gasteiger partial charge in [0, 0.05) is 17.1 Å². The summed E-state index contributed by atoms with van der Waals surface area (Å²) in [5, 5.41) is 9.18. The molecule has 0 spiro atoms. The second-order valence-corrected chi connectivity index (χ2v) is 2.96. The number of allylic oxidation sites excluding steroid dienone is 1. The minimum atomic E-state index is 0.567. The van der Waals surface area contributed by atoms with E-state index in [1.165, 1.54) is 0 Å². The molecule has 0 aliphatic carbocycles. The Kier molecular flexibility index (Phi) is 3.14. The molecule has 2 N–H and O–H groups in total. The number of benzene rings is 1. The van der Waals surface area contributed by atoms with Gasteiger partial charge < -0.3 is 0 Å². The maximum absolute atomic E-state index is 8.48. The van der Waals surface area contributed by atoms with Crippen LogP contribution in [0.1, 0.15) is 5.56 Å². The highest BCUT2D eigenvalue weighted by Crippen LogP contribution is 2.11. The third-order valence-electron chi connectivity index (χ3n) is 1.49. The van der Waals surface area contributed by atoms with E-state index in [0.717, 1.165) is 5.56 Å². The minimum Gasteiger partial charge on any atom is -0.291 e. The van der Waals surface area contributed by atoms with Crippen LogP contribution in [0, 0.1) is 0 Å². The summed E-state index contributed by atoms with van der Waals surface area (Å²) >= 11 is 5.69. The normalized spacial score (nSPS) is 9.50. The van der Waals surface area contributed by atoms with E-state index >= 15 is 0 Å². The lowest BCUT2D eigenvalue weighted by atomic mass is 10.1. The zero-order chi connectivity index (χ0) is 8.97. The van der Waals surface area contributed by atoms with Crippen molar-refractivity contribution in [3.8, 4) is 0 Å². The molecule has 0 saturated carbocycles. The molecule has 0 atom stereocenters. The number of hydrogen-bond acceptors (Lipinski definition) is 2. The average molecular weight is 184 g/mol. The summed E-state index contributed by atoms with van der Waals surface area (Å²) in [6, 6.07) is 7.40. The molecular weight excluding hydrogens is 174 g/mol. The van der Waals surface area contributed by atoms with Crippen LogP contribution in [-0.2, 0) is 6.42 Å². The summed E-state index contributed by atoms with van der Waals surface area (Å²) < 4.78 is 0. The monoisotopic (exact) mass is 183 g/mol. The Morgan fingerprint density at radius 3 is 2.50 bits per heavy atom. The number of hydroxylamine groups is 1. The SMILES string of the molecule is C=C(Cc1ccc(Cl)cc1)NO. The molecule has 0 amide bonds. The van der Waals surface area contributed by atoms with E-state index in [-0.39, 0.29) is 0 Å². The Morgan fingerprint density at radius 1 is 1.42 bits per heavy atom. The Balaban J connectivity index is 2.64. The first kappa shape index (κ1) is 9.10. The van der Waals surface area contributed by atoms with Crippen LogP contribution in [0.4, 0.5) is 0 Å². The molecule has 0 radical (unpaired) electrons. The van der Waals surface area contributed by atoms with Gasteiger partial charge in [-0.1, -0.05) is 30.3 Å². The Labute approximate surface area is 76.4 Å². The quantitative estimate of drug-likeness (QED) is 0.706. The van der Waals surface area contributed by atoms with Crippen LogP contribution in [0.3, 0.4) is 0 Å². The van der Waals surface area contributed by atoms with Crippen molar-refractivity contribution in [3.63, 3.8) is 0 Å². The van der Waals surface area contributed by atoms with Crippen LogP contribution in [-0.4, -0.2) is 5.21 Å². The first-order chi connectivity index (χ1) is 5.72. The third-order valence-corrected chi connectivity index (χ3v) is 1.74. The van der Waals surface area contributed by atoms with Gasteiger partial charge in [-0.2, -0.15) is 0 Å². The van der Waals surface area contributed by atoms with E-state index in [0.29, 0.717) is 17.1 Å². The molecule has 0 heterocycles. The highest BCUT2D eigenvalue weighted by atomic mass is 35.5. The number of rotatable bonds is 3. The maximum atomic E-state index is 8.48. The summed E-state index contributed by atoms with van der Waals surface area (Å²) in [6.07, 6.45) is 0.605. The van der Waals surface area contributed by atoms with Crippen molar-refractivity contribution >= 4 is 11.6 Å². The van der Waals surface area contributed by atoms with E-state index < -0.39 is 0 Å². The first-order valence-electron chi connectivity index (χ1n) is 3.54. The highest BCUT2D eigenvalue weighted by Gasteiger charge is 1.95. The van der Waals surface area contributed by atoms with Crippen molar-refractivity contribution < 1.29 is 5.21 Å². The van der Waals surface area contributed by atoms with Crippen LogP contribution in [0.25, 0.3) is 0 Å². The molecule has 0 bridgehead atoms. The smallest absolute Gasteiger partial charge is 0.0406 e. The number of hydrogen-bond donors (Lipinski definition) is 2. The van der Waals surface area contributed by atoms with Crippen LogP contribution in [0.2, 0.25) is 5.02 Å². The van der Waals surface area contributed by atoms with Gasteiger partial charge in [-0.05, 0) is 17.7 Å². The molecule has 2 nitrogen and oxygen atoms in total. The third kappa shape index (κ3) is 2.57. The molecule has 0 unspecified atom stereocenters. The standard InChI is InChI=1S/C9H10ClNO/c1-7(11-12)6-8-2-4-9(10)5-3-8/h2-5,11-12H,1,6H2. The molecule has 0 aromatic heterocycles. The first-order valence-corrected chi connectivity index (χ1v) is 3.92. The topological polar surface area (TPSA) is 32.3 Å². The molecule has 12 heavy (non-hydrogen) atoms. The van der Waals surface area contributed by atoms with Gasteiger partial charge in [-0.3, -0.25) is 10.7 Å². The Morgan fingerprint density at radius 2 is 2.00 bits per heavy atom. The molecule has 1 aromatic carbocycles. The number of nitrogens with one attached hydrogen (secondary N) is 1. The molecule has 0 fully saturated rings. The lowest BCUT2D eigenvalue weighted by Crippen LogP contribution is -2.07. The molecule has 0 saturated heterocycles. The van der Waals surface area contributed by atoms with Crippen LogP contribution in [0.5, 0.6) is 0 Å². The van der Waals surface area contributed by atoms with Crippen molar-refractivity contribution in [1.29, 1.82) is 0 Å². The van der Waals surface area contributed by atoms with Gasteiger partial charge >= 0.3 is 0 Å². The maximum Gasteiger partial charge on any atom is 0.0406 e.